The van der Waals surface area contributed by atoms with Crippen LogP contribution in [0.2, 0.25) is 0 Å². The minimum absolute atomic E-state index is 0.296. The van der Waals surface area contributed by atoms with Crippen molar-refractivity contribution in [1.82, 2.24) is 14.8 Å². The van der Waals surface area contributed by atoms with E-state index >= 15 is 0 Å². The molecular weight excluding hydrogens is 298 g/mol. The molecule has 0 aliphatic carbocycles. The van der Waals surface area contributed by atoms with Crippen LogP contribution in [0.1, 0.15) is 29.5 Å². The second-order valence-electron chi connectivity index (χ2n) is 6.96. The van der Waals surface area contributed by atoms with Crippen LogP contribution in [0.5, 0.6) is 0 Å². The van der Waals surface area contributed by atoms with Crippen molar-refractivity contribution < 1.29 is 4.79 Å². The zero-order chi connectivity index (χ0) is 16.5. The fourth-order valence-electron chi connectivity index (χ4n) is 4.02. The first-order valence-electron chi connectivity index (χ1n) is 8.69. The first-order chi connectivity index (χ1) is 11.7. The minimum atomic E-state index is 0.296. The average Bonchev–Trinajstić information content (AvgIpc) is 3.11. The molecule has 4 rings (SSSR count). The molecule has 0 spiro atoms. The number of benzene rings is 1. The molecule has 2 aliphatic heterocycles. The van der Waals surface area contributed by atoms with Crippen LogP contribution < -0.4 is 0 Å². The van der Waals surface area contributed by atoms with Crippen LogP contribution >= 0.6 is 0 Å². The van der Waals surface area contributed by atoms with Crippen molar-refractivity contribution in [3.63, 3.8) is 0 Å². The topological polar surface area (TPSA) is 36.4 Å². The van der Waals surface area contributed by atoms with Gasteiger partial charge in [0.25, 0.3) is 0 Å². The van der Waals surface area contributed by atoms with Crippen LogP contribution in [0.25, 0.3) is 0 Å². The number of amides is 1. The van der Waals surface area contributed by atoms with E-state index in [-0.39, 0.29) is 0 Å². The zero-order valence-electron chi connectivity index (χ0n) is 14.1. The van der Waals surface area contributed by atoms with Crippen LogP contribution in [0, 0.1) is 6.92 Å². The third kappa shape index (κ3) is 2.94. The molecule has 4 heteroatoms. The van der Waals surface area contributed by atoms with Crippen molar-refractivity contribution in [3.8, 4) is 0 Å². The zero-order valence-corrected chi connectivity index (χ0v) is 14.1. The lowest BCUT2D eigenvalue weighted by Gasteiger charge is -2.25. The highest BCUT2D eigenvalue weighted by molar-refractivity contribution is 5.80. The molecule has 0 bridgehead atoms. The smallest absolute Gasteiger partial charge is 0.224 e. The number of carbonyl (C=O) groups excluding carboxylic acids is 1. The van der Waals surface area contributed by atoms with Gasteiger partial charge in [-0.15, -0.1) is 0 Å². The van der Waals surface area contributed by atoms with Gasteiger partial charge in [0.05, 0.1) is 0 Å². The van der Waals surface area contributed by atoms with Crippen molar-refractivity contribution in [3.05, 3.63) is 65.5 Å². The number of nitrogens with zero attached hydrogens (tertiary/aromatic N) is 3. The fourth-order valence-corrected chi connectivity index (χ4v) is 4.02. The van der Waals surface area contributed by atoms with Crippen molar-refractivity contribution in [1.29, 1.82) is 0 Å². The molecule has 24 heavy (non-hydrogen) atoms. The van der Waals surface area contributed by atoms with Crippen molar-refractivity contribution in [2.75, 3.05) is 6.54 Å². The average molecular weight is 321 g/mol. The van der Waals surface area contributed by atoms with E-state index in [4.69, 9.17) is 0 Å². The number of aryl methyl sites for hydroxylation is 1. The Morgan fingerprint density at radius 1 is 1.00 bits per heavy atom. The first-order valence-corrected chi connectivity index (χ1v) is 8.69. The maximum Gasteiger partial charge on any atom is 0.224 e. The van der Waals surface area contributed by atoms with Gasteiger partial charge in [0.2, 0.25) is 5.91 Å². The summed E-state index contributed by atoms with van der Waals surface area (Å²) in [6.07, 6.45) is 5.41. The summed E-state index contributed by atoms with van der Waals surface area (Å²) in [6.45, 7) is 4.81. The van der Waals surface area contributed by atoms with Gasteiger partial charge in [0.1, 0.15) is 0 Å². The lowest BCUT2D eigenvalue weighted by atomic mass is 10.1. The third-order valence-electron chi connectivity index (χ3n) is 5.34. The lowest BCUT2D eigenvalue weighted by molar-refractivity contribution is -0.129. The van der Waals surface area contributed by atoms with Gasteiger partial charge >= 0.3 is 0 Å². The quantitative estimate of drug-likeness (QED) is 0.869. The number of hydrogen-bond donors (Lipinski definition) is 0. The van der Waals surface area contributed by atoms with Gasteiger partial charge in [-0.05, 0) is 36.6 Å². The minimum Gasteiger partial charge on any atom is -0.334 e. The van der Waals surface area contributed by atoms with E-state index in [9.17, 15) is 4.79 Å². The summed E-state index contributed by atoms with van der Waals surface area (Å²) >= 11 is 0. The molecule has 0 radical (unpaired) electrons. The summed E-state index contributed by atoms with van der Waals surface area (Å²) in [5.41, 5.74) is 3.76. The summed E-state index contributed by atoms with van der Waals surface area (Å²) in [4.78, 5) is 21.2. The number of hydrogen-bond acceptors (Lipinski definition) is 3. The Balaban J connectivity index is 1.46. The predicted molar refractivity (Wildman–Crippen MR) is 93.2 cm³/mol. The first kappa shape index (κ1) is 15.3. The Morgan fingerprint density at radius 3 is 2.46 bits per heavy atom. The normalized spacial score (nSPS) is 23.7. The van der Waals surface area contributed by atoms with E-state index < -0.39 is 0 Å². The molecule has 4 nitrogen and oxygen atoms in total. The Kier molecular flexibility index (Phi) is 4.07. The molecule has 1 amide bonds. The fraction of sp³-hybridized carbons (Fsp3) is 0.400. The molecule has 0 unspecified atom stereocenters. The Morgan fingerprint density at radius 2 is 1.71 bits per heavy atom. The van der Waals surface area contributed by atoms with E-state index in [1.165, 1.54) is 16.7 Å². The van der Waals surface area contributed by atoms with Gasteiger partial charge in [-0.1, -0.05) is 29.8 Å². The molecule has 2 fully saturated rings. The number of aromatic nitrogens is 1. The summed E-state index contributed by atoms with van der Waals surface area (Å²) in [7, 11) is 0. The lowest BCUT2D eigenvalue weighted by Crippen LogP contribution is -2.36. The molecule has 2 aliphatic rings. The number of rotatable bonds is 4. The molecule has 0 N–H and O–H groups in total. The van der Waals surface area contributed by atoms with E-state index in [2.05, 4.69) is 58.1 Å². The Labute approximate surface area is 143 Å². The molecular formula is C20H23N3O. The summed E-state index contributed by atoms with van der Waals surface area (Å²) in [5, 5.41) is 0. The molecule has 2 saturated heterocycles. The monoisotopic (exact) mass is 321 g/mol. The largest absolute Gasteiger partial charge is 0.334 e. The van der Waals surface area contributed by atoms with E-state index in [1.807, 2.05) is 12.4 Å². The SMILES string of the molecule is Cc1ccc(CN2C(=O)C[C@H]3[C@@H]2CCN3Cc2ccncc2)cc1. The maximum absolute atomic E-state index is 12.5. The molecule has 3 heterocycles. The van der Waals surface area contributed by atoms with Gasteiger partial charge < -0.3 is 4.90 Å². The highest BCUT2D eigenvalue weighted by Crippen LogP contribution is 2.34. The Hall–Kier alpha value is -2.20. The third-order valence-corrected chi connectivity index (χ3v) is 5.34. The number of fused-ring (bicyclic) bond motifs is 1. The second-order valence-corrected chi connectivity index (χ2v) is 6.96. The second kappa shape index (κ2) is 6.36. The van der Waals surface area contributed by atoms with E-state index in [1.54, 1.807) is 0 Å². The van der Waals surface area contributed by atoms with Crippen molar-refractivity contribution >= 4 is 5.91 Å². The Bertz CT molecular complexity index is 713. The summed E-state index contributed by atoms with van der Waals surface area (Å²) in [5.74, 6) is 0.296. The van der Waals surface area contributed by atoms with E-state index in [0.717, 1.165) is 26.1 Å². The van der Waals surface area contributed by atoms with E-state index in [0.29, 0.717) is 24.4 Å². The van der Waals surface area contributed by atoms with Crippen LogP contribution in [-0.2, 0) is 17.9 Å². The van der Waals surface area contributed by atoms with Gasteiger partial charge in [-0.3, -0.25) is 14.7 Å². The van der Waals surface area contributed by atoms with Crippen LogP contribution in [0.15, 0.2) is 48.8 Å². The highest BCUT2D eigenvalue weighted by Gasteiger charge is 2.46. The number of pyridine rings is 1. The van der Waals surface area contributed by atoms with Gasteiger partial charge in [-0.25, -0.2) is 0 Å². The van der Waals surface area contributed by atoms with Crippen molar-refractivity contribution in [2.45, 2.75) is 44.9 Å². The molecule has 2 atom stereocenters. The molecule has 1 aromatic carbocycles. The van der Waals surface area contributed by atoms with Gasteiger partial charge in [0.15, 0.2) is 0 Å². The molecule has 0 saturated carbocycles. The van der Waals surface area contributed by atoms with Crippen LogP contribution in [0.3, 0.4) is 0 Å². The standard InChI is InChI=1S/C20H23N3O/c1-15-2-4-16(5-3-15)14-23-18-8-11-22(19(18)12-20(23)24)13-17-6-9-21-10-7-17/h2-7,9-10,18-19H,8,11-14H2,1H3/t18-,19-/m0/s1. The highest BCUT2D eigenvalue weighted by atomic mass is 16.2. The van der Waals surface area contributed by atoms with Gasteiger partial charge in [-0.2, -0.15) is 0 Å². The van der Waals surface area contributed by atoms with Gasteiger partial charge in [0, 0.05) is 50.5 Å². The van der Waals surface area contributed by atoms with Crippen LogP contribution in [-0.4, -0.2) is 39.3 Å². The number of carbonyl (C=O) groups is 1. The molecule has 1 aromatic heterocycles. The molecule has 2 aromatic rings. The van der Waals surface area contributed by atoms with Crippen molar-refractivity contribution in [2.24, 2.45) is 0 Å². The maximum atomic E-state index is 12.5. The summed E-state index contributed by atoms with van der Waals surface area (Å²) in [6, 6.07) is 13.4. The molecule has 124 valence electrons. The summed E-state index contributed by atoms with van der Waals surface area (Å²) < 4.78 is 0. The predicted octanol–water partition coefficient (Wildman–Crippen LogP) is 2.77. The van der Waals surface area contributed by atoms with Crippen LogP contribution in [0.4, 0.5) is 0 Å². The number of likely N-dealkylation sites (tertiary alicyclic amines) is 2.